The molecule has 1 heterocycles. The Hall–Kier alpha value is -4.86. The number of rotatable bonds is 13. The van der Waals surface area contributed by atoms with E-state index < -0.39 is 47.9 Å². The molecule has 3 atom stereocenters. The third-order valence-corrected chi connectivity index (χ3v) is 7.95. The van der Waals surface area contributed by atoms with Crippen LogP contribution in [0, 0.1) is 5.92 Å². The Morgan fingerprint density at radius 3 is 2.16 bits per heavy atom. The molecule has 1 aliphatic heterocycles. The second kappa shape index (κ2) is 13.6. The van der Waals surface area contributed by atoms with Crippen molar-refractivity contribution < 1.29 is 35.2 Å². The smallest absolute Gasteiger partial charge is 0.329 e. The highest BCUT2D eigenvalue weighted by atomic mass is 16.5. The summed E-state index contributed by atoms with van der Waals surface area (Å²) in [6.45, 7) is 5.63. The standard InChI is InChI=1S/C34H39N3O7.H2/c1-22(2)18-28(31(40)35-27(20-30(38)39)26-17-16-25(43-4)19-29(26)44-5)37-32(41)34(3,24-14-10-7-11-15-24)36(33(37)42)21-23-12-8-6-9-13-23;/h6-17,19,22,27-28H,18,20-21H2,1-5H3,(H,35,40)(H,38,39);1H/t27-,28-,34-;/m0./s1. The lowest BCUT2D eigenvalue weighted by atomic mass is 9.89. The van der Waals surface area contributed by atoms with E-state index in [1.807, 2.05) is 50.2 Å². The minimum Gasteiger partial charge on any atom is -0.497 e. The van der Waals surface area contributed by atoms with Crippen LogP contribution in [0.1, 0.15) is 57.8 Å². The van der Waals surface area contributed by atoms with Gasteiger partial charge < -0.3 is 24.8 Å². The van der Waals surface area contributed by atoms with Crippen molar-refractivity contribution in [2.75, 3.05) is 14.2 Å². The molecule has 1 saturated heterocycles. The van der Waals surface area contributed by atoms with Gasteiger partial charge in [0, 0.05) is 19.6 Å². The molecule has 0 saturated carbocycles. The minimum absolute atomic E-state index is 0. The quantitative estimate of drug-likeness (QED) is 0.252. The van der Waals surface area contributed by atoms with Gasteiger partial charge in [0.2, 0.25) is 5.91 Å². The molecule has 0 unspecified atom stereocenters. The fourth-order valence-corrected chi connectivity index (χ4v) is 5.63. The topological polar surface area (TPSA) is 125 Å². The number of imide groups is 1. The van der Waals surface area contributed by atoms with Crippen LogP contribution in [0.25, 0.3) is 0 Å². The van der Waals surface area contributed by atoms with Gasteiger partial charge in [-0.25, -0.2) is 9.69 Å². The molecule has 0 radical (unpaired) electrons. The van der Waals surface area contributed by atoms with Crippen LogP contribution in [0.3, 0.4) is 0 Å². The molecule has 1 aliphatic rings. The van der Waals surface area contributed by atoms with Gasteiger partial charge in [-0.1, -0.05) is 74.5 Å². The number of carbonyl (C=O) groups excluding carboxylic acids is 3. The number of hydrogen-bond acceptors (Lipinski definition) is 6. The predicted octanol–water partition coefficient (Wildman–Crippen LogP) is 5.38. The summed E-state index contributed by atoms with van der Waals surface area (Å²) in [6.07, 6.45) is -0.278. The Morgan fingerprint density at radius 2 is 1.59 bits per heavy atom. The number of methoxy groups -OCH3 is 2. The lowest BCUT2D eigenvalue weighted by molar-refractivity contribution is -0.141. The zero-order valence-electron chi connectivity index (χ0n) is 25.7. The van der Waals surface area contributed by atoms with Gasteiger partial charge >= 0.3 is 12.0 Å². The summed E-state index contributed by atoms with van der Waals surface area (Å²) in [6, 6.07) is 20.5. The van der Waals surface area contributed by atoms with Crippen molar-refractivity contribution >= 4 is 23.8 Å². The second-order valence-electron chi connectivity index (χ2n) is 11.4. The molecule has 4 rings (SSSR count). The summed E-state index contributed by atoms with van der Waals surface area (Å²) >= 11 is 0. The summed E-state index contributed by atoms with van der Waals surface area (Å²) in [5.74, 6) is -1.56. The fraction of sp³-hybridized carbons (Fsp3) is 0.353. The van der Waals surface area contributed by atoms with Crippen molar-refractivity contribution in [2.45, 2.75) is 57.8 Å². The van der Waals surface area contributed by atoms with Crippen molar-refractivity contribution in [1.82, 2.24) is 15.1 Å². The molecule has 0 aromatic heterocycles. The molecular formula is C34H41N3O7. The Bertz CT molecular complexity index is 1500. The SMILES string of the molecule is COc1ccc([C@H](CC(=O)O)NC(=O)[C@H](CC(C)C)N2C(=O)N(Cc3ccccc3)[C@@](C)(c3ccccc3)C2=O)c(OC)c1.[HH]. The highest BCUT2D eigenvalue weighted by molar-refractivity contribution is 6.10. The number of benzene rings is 3. The summed E-state index contributed by atoms with van der Waals surface area (Å²) in [5.41, 5.74) is 0.484. The van der Waals surface area contributed by atoms with Gasteiger partial charge in [0.25, 0.3) is 5.91 Å². The molecular weight excluding hydrogens is 562 g/mol. The first kappa shape index (κ1) is 32.1. The first-order chi connectivity index (χ1) is 21.0. The van der Waals surface area contributed by atoms with Crippen LogP contribution < -0.4 is 14.8 Å². The number of carboxylic acids is 1. The van der Waals surface area contributed by atoms with Gasteiger partial charge in [-0.05, 0) is 42.5 Å². The number of nitrogens with zero attached hydrogens (tertiary/aromatic N) is 2. The van der Waals surface area contributed by atoms with Gasteiger partial charge in [0.1, 0.15) is 23.1 Å². The lowest BCUT2D eigenvalue weighted by Crippen LogP contribution is -2.52. The average molecular weight is 604 g/mol. The molecule has 10 nitrogen and oxygen atoms in total. The van der Waals surface area contributed by atoms with Crippen LogP contribution in [0.2, 0.25) is 0 Å². The summed E-state index contributed by atoms with van der Waals surface area (Å²) in [4.78, 5) is 57.3. The van der Waals surface area contributed by atoms with Gasteiger partial charge in [0.05, 0.1) is 26.7 Å². The second-order valence-corrected chi connectivity index (χ2v) is 11.4. The molecule has 3 aromatic carbocycles. The number of carboxylic acid groups (broad SMARTS) is 1. The average Bonchev–Trinajstić information content (AvgIpc) is 3.20. The molecule has 2 N–H and O–H groups in total. The number of carbonyl (C=O) groups is 4. The van der Waals surface area contributed by atoms with E-state index in [1.54, 1.807) is 49.4 Å². The Morgan fingerprint density at radius 1 is 0.955 bits per heavy atom. The third kappa shape index (κ3) is 6.54. The molecule has 10 heteroatoms. The molecule has 0 bridgehead atoms. The van der Waals surface area contributed by atoms with Crippen molar-refractivity contribution in [2.24, 2.45) is 5.92 Å². The van der Waals surface area contributed by atoms with Crippen LogP contribution >= 0.6 is 0 Å². The lowest BCUT2D eigenvalue weighted by Gasteiger charge is -2.32. The summed E-state index contributed by atoms with van der Waals surface area (Å²) in [5, 5.41) is 12.6. The number of nitrogens with one attached hydrogen (secondary N) is 1. The zero-order chi connectivity index (χ0) is 32.0. The number of ether oxygens (including phenoxy) is 2. The molecule has 0 spiro atoms. The first-order valence-corrected chi connectivity index (χ1v) is 14.5. The summed E-state index contributed by atoms with van der Waals surface area (Å²) < 4.78 is 10.8. The zero-order valence-corrected chi connectivity index (χ0v) is 25.7. The van der Waals surface area contributed by atoms with E-state index in [9.17, 15) is 24.3 Å². The fourth-order valence-electron chi connectivity index (χ4n) is 5.63. The van der Waals surface area contributed by atoms with Crippen molar-refractivity contribution in [3.05, 3.63) is 95.6 Å². The van der Waals surface area contributed by atoms with Crippen LogP contribution in [0.5, 0.6) is 11.5 Å². The monoisotopic (exact) mass is 603 g/mol. The predicted molar refractivity (Wildman–Crippen MR) is 166 cm³/mol. The number of aliphatic carboxylic acids is 1. The minimum atomic E-state index is -1.39. The van der Waals surface area contributed by atoms with E-state index in [1.165, 1.54) is 19.1 Å². The van der Waals surface area contributed by atoms with Crippen molar-refractivity contribution in [1.29, 1.82) is 0 Å². The third-order valence-electron chi connectivity index (χ3n) is 7.95. The van der Waals surface area contributed by atoms with E-state index in [0.29, 0.717) is 22.6 Å². The van der Waals surface area contributed by atoms with Gasteiger partial charge in [-0.3, -0.25) is 14.4 Å². The number of hydrogen-bond donors (Lipinski definition) is 2. The van der Waals surface area contributed by atoms with E-state index in [-0.39, 0.29) is 20.3 Å². The van der Waals surface area contributed by atoms with E-state index in [2.05, 4.69) is 5.32 Å². The van der Waals surface area contributed by atoms with Crippen molar-refractivity contribution in [3.8, 4) is 11.5 Å². The highest BCUT2D eigenvalue weighted by Gasteiger charge is 2.58. The highest BCUT2D eigenvalue weighted by Crippen LogP contribution is 2.40. The molecule has 44 heavy (non-hydrogen) atoms. The Kier molecular flexibility index (Phi) is 9.93. The summed E-state index contributed by atoms with van der Waals surface area (Å²) in [7, 11) is 2.93. The number of urea groups is 1. The normalized spacial score (nSPS) is 17.9. The van der Waals surface area contributed by atoms with E-state index in [4.69, 9.17) is 9.47 Å². The van der Waals surface area contributed by atoms with E-state index in [0.717, 1.165) is 10.5 Å². The largest absolute Gasteiger partial charge is 0.497 e. The molecule has 1 fully saturated rings. The van der Waals surface area contributed by atoms with Crippen molar-refractivity contribution in [3.63, 3.8) is 0 Å². The Labute approximate surface area is 259 Å². The van der Waals surface area contributed by atoms with E-state index >= 15 is 0 Å². The maximum absolute atomic E-state index is 14.4. The number of amides is 4. The molecule has 0 aliphatic carbocycles. The maximum atomic E-state index is 14.4. The van der Waals surface area contributed by atoms with Gasteiger partial charge in [0.15, 0.2) is 0 Å². The Balaban J connectivity index is 0.00000552. The van der Waals surface area contributed by atoms with Crippen LogP contribution in [0.15, 0.2) is 78.9 Å². The first-order valence-electron chi connectivity index (χ1n) is 14.5. The van der Waals surface area contributed by atoms with Crippen LogP contribution in [-0.4, -0.2) is 59.0 Å². The maximum Gasteiger partial charge on any atom is 0.329 e. The van der Waals surface area contributed by atoms with Gasteiger partial charge in [-0.15, -0.1) is 0 Å². The molecule has 3 aromatic rings. The van der Waals surface area contributed by atoms with Crippen LogP contribution in [-0.2, 0) is 26.5 Å². The van der Waals surface area contributed by atoms with Crippen LogP contribution in [0.4, 0.5) is 4.79 Å². The van der Waals surface area contributed by atoms with Gasteiger partial charge in [-0.2, -0.15) is 0 Å². The molecule has 4 amide bonds. The molecule has 234 valence electrons.